The quantitative estimate of drug-likeness (QED) is 0.215. The van der Waals surface area contributed by atoms with Crippen molar-refractivity contribution in [2.45, 2.75) is 48.5 Å². The molecule has 52 heavy (non-hydrogen) atoms. The van der Waals surface area contributed by atoms with Gasteiger partial charge in [-0.15, -0.1) is 0 Å². The summed E-state index contributed by atoms with van der Waals surface area (Å²) in [6, 6.07) is 16.3. The van der Waals surface area contributed by atoms with Crippen molar-refractivity contribution in [3.63, 3.8) is 0 Å². The molecule has 1 unspecified atom stereocenters. The number of benzene rings is 3. The fourth-order valence-electron chi connectivity index (χ4n) is 6.97. The van der Waals surface area contributed by atoms with Gasteiger partial charge in [-0.3, -0.25) is 14.6 Å². The highest BCUT2D eigenvalue weighted by molar-refractivity contribution is 7.93. The minimum absolute atomic E-state index is 0.0440. The molecular weight excluding hydrogens is 729 g/mol. The van der Waals surface area contributed by atoms with Crippen LogP contribution in [0.15, 0.2) is 82.4 Å². The van der Waals surface area contributed by atoms with E-state index in [1.54, 1.807) is 43.6 Å². The molecule has 0 bridgehead atoms. The van der Waals surface area contributed by atoms with Gasteiger partial charge in [-0.2, -0.15) is 13.2 Å². The first-order chi connectivity index (χ1) is 24.7. The van der Waals surface area contributed by atoms with Crippen LogP contribution in [0.4, 0.5) is 18.9 Å². The van der Waals surface area contributed by atoms with Gasteiger partial charge in [-0.25, -0.2) is 22.5 Å². The number of carbonyl (C=O) groups excluding carboxylic acids is 1. The molecule has 2 atom stereocenters. The van der Waals surface area contributed by atoms with E-state index in [9.17, 15) is 21.6 Å². The predicted molar refractivity (Wildman–Crippen MR) is 182 cm³/mol. The summed E-state index contributed by atoms with van der Waals surface area (Å²) in [5, 5.41) is 7.50. The van der Waals surface area contributed by atoms with Gasteiger partial charge in [0, 0.05) is 34.8 Å². The van der Waals surface area contributed by atoms with E-state index in [4.69, 9.17) is 35.4 Å². The first-order valence-corrected chi connectivity index (χ1v) is 18.0. The van der Waals surface area contributed by atoms with Crippen LogP contribution in [0, 0.1) is 0 Å². The highest BCUT2D eigenvalue weighted by atomic mass is 35.5. The number of anilines is 1. The SMILES string of the molecule is COc1ccc(S(=O)(=O)N2C(=O)C(c3cccc(CN4CCC4)c3OC)(N3CCC[C@H]3c3ncco3)c3cc(Cl)ccc32)cc1.O=C(O)C(F)(F)F. The van der Waals surface area contributed by atoms with Crippen molar-refractivity contribution in [3.8, 4) is 11.5 Å². The lowest BCUT2D eigenvalue weighted by Crippen LogP contribution is -2.54. The lowest BCUT2D eigenvalue weighted by molar-refractivity contribution is -0.192. The number of hydrogen-bond donors (Lipinski definition) is 1. The smallest absolute Gasteiger partial charge is 0.490 e. The predicted octanol–water partition coefficient (Wildman–Crippen LogP) is 6.00. The number of oxazole rings is 1. The molecule has 0 radical (unpaired) electrons. The standard InChI is InChI=1S/C33H33ClN4O6S.C2HF3O2/c1-42-24-10-12-25(13-11-24)45(40,41)38-28-14-9-23(34)20-27(28)33(32(38)39,37-18-4-8-29(37)31-35-15-19-44-31)26-7-3-6-22(30(26)43-2)21-36-16-5-17-36;3-2(4,5)1(6)7/h3,6-7,9-15,19-20,29H,4-5,8,16-18,21H2,1-2H3;(H,6,7)/t29-,33?;/m0./s1. The van der Waals surface area contributed by atoms with Gasteiger partial charge < -0.3 is 19.0 Å². The van der Waals surface area contributed by atoms with Crippen molar-refractivity contribution in [1.29, 1.82) is 0 Å². The molecule has 1 aromatic heterocycles. The maximum absolute atomic E-state index is 15.4. The Morgan fingerprint density at radius 1 is 1.04 bits per heavy atom. The zero-order valence-corrected chi connectivity index (χ0v) is 29.5. The van der Waals surface area contributed by atoms with Crippen LogP contribution in [0.2, 0.25) is 5.02 Å². The van der Waals surface area contributed by atoms with E-state index in [1.165, 1.54) is 25.5 Å². The molecule has 1 amide bonds. The normalized spacial score (nSPS) is 20.5. The molecule has 3 aliphatic rings. The number of aromatic nitrogens is 1. The molecule has 3 aromatic carbocycles. The lowest BCUT2D eigenvalue weighted by Gasteiger charge is -2.42. The monoisotopic (exact) mass is 762 g/mol. The van der Waals surface area contributed by atoms with E-state index in [0.717, 1.165) is 35.8 Å². The highest BCUT2D eigenvalue weighted by Gasteiger charge is 2.63. The summed E-state index contributed by atoms with van der Waals surface area (Å²) < 4.78 is 78.8. The molecule has 2 fully saturated rings. The first-order valence-electron chi connectivity index (χ1n) is 16.1. The zero-order chi connectivity index (χ0) is 37.4. The molecule has 0 spiro atoms. The first kappa shape index (κ1) is 37.1. The fourth-order valence-corrected chi connectivity index (χ4v) is 8.60. The van der Waals surface area contributed by atoms with Crippen molar-refractivity contribution in [2.75, 3.05) is 38.2 Å². The number of likely N-dealkylation sites (tertiary alicyclic amines) is 2. The van der Waals surface area contributed by atoms with Gasteiger partial charge >= 0.3 is 12.1 Å². The Bertz CT molecular complexity index is 2060. The number of carbonyl (C=O) groups is 2. The number of nitrogens with zero attached hydrogens (tertiary/aromatic N) is 4. The maximum Gasteiger partial charge on any atom is 0.490 e. The second-order valence-corrected chi connectivity index (χ2v) is 14.5. The molecule has 0 aliphatic carbocycles. The lowest BCUT2D eigenvalue weighted by atomic mass is 9.80. The van der Waals surface area contributed by atoms with Crippen LogP contribution in [0.3, 0.4) is 0 Å². The minimum Gasteiger partial charge on any atom is -0.497 e. The van der Waals surface area contributed by atoms with Crippen molar-refractivity contribution < 1.29 is 50.2 Å². The van der Waals surface area contributed by atoms with Gasteiger partial charge in [0.25, 0.3) is 15.9 Å². The van der Waals surface area contributed by atoms with Gasteiger partial charge in [0.15, 0.2) is 5.54 Å². The van der Waals surface area contributed by atoms with Crippen LogP contribution >= 0.6 is 11.6 Å². The Balaban J connectivity index is 0.000000604. The molecule has 12 nitrogen and oxygen atoms in total. The number of aliphatic carboxylic acids is 1. The number of halogens is 4. The summed E-state index contributed by atoms with van der Waals surface area (Å²) in [7, 11) is -1.30. The summed E-state index contributed by atoms with van der Waals surface area (Å²) in [6.07, 6.45) is 0.522. The van der Waals surface area contributed by atoms with Gasteiger partial charge in [-0.05, 0) is 74.8 Å². The van der Waals surface area contributed by atoms with Crippen LogP contribution in [0.1, 0.15) is 47.9 Å². The van der Waals surface area contributed by atoms with E-state index >= 15 is 4.79 Å². The minimum atomic E-state index is -5.08. The Labute approximate surface area is 302 Å². The summed E-state index contributed by atoms with van der Waals surface area (Å²) in [4.78, 5) is 33.1. The average molecular weight is 763 g/mol. The van der Waals surface area contributed by atoms with E-state index in [0.29, 0.717) is 53.0 Å². The van der Waals surface area contributed by atoms with Gasteiger partial charge in [-0.1, -0.05) is 29.8 Å². The Morgan fingerprint density at radius 3 is 2.33 bits per heavy atom. The number of para-hydroxylation sites is 1. The van der Waals surface area contributed by atoms with Crippen molar-refractivity contribution in [2.24, 2.45) is 0 Å². The number of rotatable bonds is 9. The van der Waals surface area contributed by atoms with Crippen LogP contribution in [0.25, 0.3) is 0 Å². The van der Waals surface area contributed by atoms with E-state index in [1.807, 2.05) is 23.1 Å². The molecule has 276 valence electrons. The van der Waals surface area contributed by atoms with Crippen molar-refractivity contribution in [3.05, 3.63) is 101 Å². The maximum atomic E-state index is 15.4. The van der Waals surface area contributed by atoms with E-state index in [2.05, 4.69) is 9.88 Å². The number of carboxylic acid groups (broad SMARTS) is 1. The Kier molecular flexibility index (Phi) is 10.3. The number of sulfonamides is 1. The third kappa shape index (κ3) is 6.48. The Hall–Kier alpha value is -4.64. The second-order valence-electron chi connectivity index (χ2n) is 12.3. The van der Waals surface area contributed by atoms with E-state index < -0.39 is 39.7 Å². The van der Waals surface area contributed by atoms with Crippen LogP contribution in [0.5, 0.6) is 11.5 Å². The molecule has 2 saturated heterocycles. The number of amides is 1. The summed E-state index contributed by atoms with van der Waals surface area (Å²) in [5.74, 6) is -1.92. The molecule has 0 saturated carbocycles. The molecule has 3 aliphatic heterocycles. The number of alkyl halides is 3. The topological polar surface area (TPSA) is 143 Å². The van der Waals surface area contributed by atoms with E-state index in [-0.39, 0.29) is 10.6 Å². The Morgan fingerprint density at radius 2 is 1.75 bits per heavy atom. The third-order valence-electron chi connectivity index (χ3n) is 9.35. The molecule has 4 aromatic rings. The average Bonchev–Trinajstić information content (AvgIpc) is 3.85. The zero-order valence-electron chi connectivity index (χ0n) is 28.0. The van der Waals surface area contributed by atoms with Crippen LogP contribution < -0.4 is 13.8 Å². The molecule has 7 rings (SSSR count). The largest absolute Gasteiger partial charge is 0.497 e. The summed E-state index contributed by atoms with van der Waals surface area (Å²) >= 11 is 6.66. The molecule has 4 heterocycles. The van der Waals surface area contributed by atoms with Crippen LogP contribution in [-0.4, -0.2) is 80.2 Å². The fraction of sp³-hybridized carbons (Fsp3) is 0.343. The number of methoxy groups -OCH3 is 2. The van der Waals surface area contributed by atoms with Gasteiger partial charge in [0.1, 0.15) is 17.8 Å². The number of fused-ring (bicyclic) bond motifs is 1. The second kappa shape index (κ2) is 14.4. The number of ether oxygens (including phenoxy) is 2. The van der Waals surface area contributed by atoms with Gasteiger partial charge in [0.05, 0.1) is 37.0 Å². The number of carboxylic acids is 1. The van der Waals surface area contributed by atoms with Crippen LogP contribution in [-0.2, 0) is 31.7 Å². The van der Waals surface area contributed by atoms with Gasteiger partial charge in [0.2, 0.25) is 5.89 Å². The highest BCUT2D eigenvalue weighted by Crippen LogP contribution is 2.57. The van der Waals surface area contributed by atoms with Crippen molar-refractivity contribution in [1.82, 2.24) is 14.8 Å². The molecule has 1 N–H and O–H groups in total. The third-order valence-corrected chi connectivity index (χ3v) is 11.3. The molecule has 17 heteroatoms. The molecular formula is C35H34ClF3N4O8S. The summed E-state index contributed by atoms with van der Waals surface area (Å²) in [5.41, 5.74) is 0.505. The van der Waals surface area contributed by atoms with Crippen molar-refractivity contribution >= 4 is 39.2 Å². The summed E-state index contributed by atoms with van der Waals surface area (Å²) in [6.45, 7) is 3.06. The number of hydrogen-bond acceptors (Lipinski definition) is 10.